The molecule has 1 fully saturated rings. The van der Waals surface area contributed by atoms with E-state index in [4.69, 9.17) is 4.98 Å². The standard InChI is InChI=1S/C22H21FN6O3S/c1-12-17-19(28-9-3-4-16(28)31)25-20(21-24-18(13(2)30)26-33-21)29(17)11-10-27(12)22(32)14-5-7-15(23)8-6-14/h5-8,13,30H,1,3-4,9-11H2,2H3/t13-/m0/s1. The van der Waals surface area contributed by atoms with E-state index in [-0.39, 0.29) is 11.8 Å². The Kier molecular flexibility index (Phi) is 5.29. The lowest BCUT2D eigenvalue weighted by atomic mass is 10.1. The van der Waals surface area contributed by atoms with E-state index in [1.54, 1.807) is 11.8 Å². The minimum absolute atomic E-state index is 0.0424. The molecule has 0 saturated carbocycles. The van der Waals surface area contributed by atoms with E-state index in [0.29, 0.717) is 65.5 Å². The Labute approximate surface area is 193 Å². The molecule has 1 atom stereocenters. The summed E-state index contributed by atoms with van der Waals surface area (Å²) in [5, 5.41) is 10.3. The van der Waals surface area contributed by atoms with Crippen molar-refractivity contribution in [3.05, 3.63) is 53.7 Å². The Hall–Kier alpha value is -3.44. The lowest BCUT2D eigenvalue weighted by Crippen LogP contribution is -2.38. The summed E-state index contributed by atoms with van der Waals surface area (Å²) in [5.74, 6) is 0.477. The van der Waals surface area contributed by atoms with Gasteiger partial charge >= 0.3 is 0 Å². The van der Waals surface area contributed by atoms with Gasteiger partial charge in [0.2, 0.25) is 5.91 Å². The Bertz CT molecular complexity index is 1270. The van der Waals surface area contributed by atoms with Gasteiger partial charge in [-0.2, -0.15) is 4.37 Å². The molecule has 1 aromatic carbocycles. The average Bonchev–Trinajstić information content (AvgIpc) is 3.52. The third-order valence-electron chi connectivity index (χ3n) is 5.77. The summed E-state index contributed by atoms with van der Waals surface area (Å²) in [6.07, 6.45) is 0.331. The van der Waals surface area contributed by atoms with Crippen molar-refractivity contribution in [3.8, 4) is 10.8 Å². The summed E-state index contributed by atoms with van der Waals surface area (Å²) >= 11 is 1.11. The number of aliphatic hydroxyl groups excluding tert-OH is 1. The summed E-state index contributed by atoms with van der Waals surface area (Å²) in [5.41, 5.74) is 1.32. The molecule has 0 spiro atoms. The van der Waals surface area contributed by atoms with Gasteiger partial charge in [0.1, 0.15) is 17.6 Å². The highest BCUT2D eigenvalue weighted by Gasteiger charge is 2.36. The fourth-order valence-corrected chi connectivity index (χ4v) is 4.84. The van der Waals surface area contributed by atoms with Crippen molar-refractivity contribution in [2.24, 2.45) is 0 Å². The molecule has 0 radical (unpaired) electrons. The number of halogens is 1. The van der Waals surface area contributed by atoms with E-state index in [9.17, 15) is 19.1 Å². The van der Waals surface area contributed by atoms with Gasteiger partial charge in [0.05, 0.1) is 5.70 Å². The van der Waals surface area contributed by atoms with Crippen molar-refractivity contribution >= 4 is 34.9 Å². The zero-order valence-corrected chi connectivity index (χ0v) is 18.7. The Morgan fingerprint density at radius 3 is 2.61 bits per heavy atom. The van der Waals surface area contributed by atoms with E-state index in [2.05, 4.69) is 15.9 Å². The van der Waals surface area contributed by atoms with Crippen LogP contribution in [0.1, 0.15) is 47.7 Å². The van der Waals surface area contributed by atoms with Crippen LogP contribution < -0.4 is 4.90 Å². The number of hydrogen-bond acceptors (Lipinski definition) is 7. The monoisotopic (exact) mass is 468 g/mol. The van der Waals surface area contributed by atoms with Gasteiger partial charge in [-0.1, -0.05) is 6.58 Å². The number of amides is 2. The molecule has 2 amide bonds. The van der Waals surface area contributed by atoms with Crippen molar-refractivity contribution in [3.63, 3.8) is 0 Å². The van der Waals surface area contributed by atoms with Gasteiger partial charge in [0.25, 0.3) is 5.91 Å². The van der Waals surface area contributed by atoms with Crippen LogP contribution in [0.4, 0.5) is 10.2 Å². The number of aliphatic hydroxyl groups is 1. The number of benzene rings is 1. The van der Waals surface area contributed by atoms with Crippen LogP contribution in [0.15, 0.2) is 30.8 Å². The van der Waals surface area contributed by atoms with E-state index < -0.39 is 11.9 Å². The minimum atomic E-state index is -0.816. The molecule has 0 bridgehead atoms. The molecule has 5 rings (SSSR count). The first-order chi connectivity index (χ1) is 15.8. The first-order valence-corrected chi connectivity index (χ1v) is 11.3. The highest BCUT2D eigenvalue weighted by molar-refractivity contribution is 7.09. The fraction of sp³-hybridized carbons (Fsp3) is 0.318. The van der Waals surface area contributed by atoms with Crippen LogP contribution in [-0.4, -0.2) is 53.8 Å². The summed E-state index contributed by atoms with van der Waals surface area (Å²) in [6, 6.07) is 5.36. The largest absolute Gasteiger partial charge is 0.385 e. The topological polar surface area (TPSA) is 104 Å². The van der Waals surface area contributed by atoms with E-state index in [1.807, 2.05) is 4.57 Å². The molecule has 2 aliphatic heterocycles. The third-order valence-corrected chi connectivity index (χ3v) is 6.49. The van der Waals surface area contributed by atoms with Crippen LogP contribution in [0, 0.1) is 5.82 Å². The van der Waals surface area contributed by atoms with Crippen LogP contribution in [0.25, 0.3) is 16.5 Å². The van der Waals surface area contributed by atoms with Crippen molar-refractivity contribution in [1.29, 1.82) is 0 Å². The minimum Gasteiger partial charge on any atom is -0.385 e. The number of fused-ring (bicyclic) bond motifs is 1. The van der Waals surface area contributed by atoms with Crippen LogP contribution in [-0.2, 0) is 11.3 Å². The molecule has 0 unspecified atom stereocenters. The summed E-state index contributed by atoms with van der Waals surface area (Å²) in [6.45, 7) is 6.99. The summed E-state index contributed by atoms with van der Waals surface area (Å²) in [4.78, 5) is 38.0. The predicted octanol–water partition coefficient (Wildman–Crippen LogP) is 2.85. The quantitative estimate of drug-likeness (QED) is 0.632. The molecular formula is C22H21FN6O3S. The number of anilines is 1. The van der Waals surface area contributed by atoms with Crippen LogP contribution >= 0.6 is 11.5 Å². The maximum atomic E-state index is 13.3. The molecule has 2 aromatic heterocycles. The van der Waals surface area contributed by atoms with E-state index in [0.717, 1.165) is 18.0 Å². The average molecular weight is 469 g/mol. The fourth-order valence-electron chi connectivity index (χ4n) is 4.10. The molecule has 1 N–H and O–H groups in total. The molecule has 4 heterocycles. The number of imidazole rings is 1. The van der Waals surface area contributed by atoms with E-state index in [1.165, 1.54) is 29.2 Å². The van der Waals surface area contributed by atoms with E-state index >= 15 is 0 Å². The maximum absolute atomic E-state index is 13.3. The maximum Gasteiger partial charge on any atom is 0.258 e. The smallest absolute Gasteiger partial charge is 0.258 e. The SMILES string of the molecule is C=C1c2c(N3CCCC3=O)nc(-c3nc([C@H](C)O)ns3)n2CCN1C(=O)c1ccc(F)cc1. The molecule has 170 valence electrons. The zero-order valence-electron chi connectivity index (χ0n) is 17.9. The molecule has 11 heteroatoms. The van der Waals surface area contributed by atoms with Gasteiger partial charge in [0.15, 0.2) is 22.5 Å². The third kappa shape index (κ3) is 3.62. The molecule has 33 heavy (non-hydrogen) atoms. The van der Waals surface area contributed by atoms with Gasteiger partial charge in [0, 0.05) is 31.6 Å². The van der Waals surface area contributed by atoms with Crippen LogP contribution in [0.2, 0.25) is 0 Å². The zero-order chi connectivity index (χ0) is 23.3. The van der Waals surface area contributed by atoms with Gasteiger partial charge in [-0.25, -0.2) is 14.4 Å². The Morgan fingerprint density at radius 1 is 1.21 bits per heavy atom. The lowest BCUT2D eigenvalue weighted by molar-refractivity contribution is -0.117. The second-order valence-electron chi connectivity index (χ2n) is 7.95. The summed E-state index contributed by atoms with van der Waals surface area (Å²) < 4.78 is 19.4. The van der Waals surface area contributed by atoms with Gasteiger partial charge in [-0.15, -0.1) is 0 Å². The lowest BCUT2D eigenvalue weighted by Gasteiger charge is -2.32. The second kappa shape index (κ2) is 8.16. The normalized spacial score (nSPS) is 16.9. The number of nitrogens with zero attached hydrogens (tertiary/aromatic N) is 6. The van der Waals surface area contributed by atoms with Gasteiger partial charge in [-0.3, -0.25) is 14.5 Å². The molecule has 2 aliphatic rings. The summed E-state index contributed by atoms with van der Waals surface area (Å²) in [7, 11) is 0. The number of carbonyl (C=O) groups is 2. The first-order valence-electron chi connectivity index (χ1n) is 10.5. The van der Waals surface area contributed by atoms with Crippen LogP contribution in [0.5, 0.6) is 0 Å². The molecule has 3 aromatic rings. The predicted molar refractivity (Wildman–Crippen MR) is 120 cm³/mol. The van der Waals surface area contributed by atoms with Crippen molar-refractivity contribution in [2.75, 3.05) is 18.0 Å². The number of rotatable bonds is 4. The first kappa shape index (κ1) is 21.4. The number of hydrogen-bond donors (Lipinski definition) is 1. The van der Waals surface area contributed by atoms with Crippen LogP contribution in [0.3, 0.4) is 0 Å². The number of aromatic nitrogens is 4. The van der Waals surface area contributed by atoms with Gasteiger partial charge < -0.3 is 14.6 Å². The Morgan fingerprint density at radius 2 is 1.97 bits per heavy atom. The van der Waals surface area contributed by atoms with Crippen molar-refractivity contribution in [1.82, 2.24) is 23.8 Å². The van der Waals surface area contributed by atoms with Gasteiger partial charge in [-0.05, 0) is 49.1 Å². The highest BCUT2D eigenvalue weighted by Crippen LogP contribution is 2.38. The second-order valence-corrected chi connectivity index (χ2v) is 8.70. The molecule has 9 nitrogen and oxygen atoms in total. The van der Waals surface area contributed by atoms with Crippen molar-refractivity contribution in [2.45, 2.75) is 32.4 Å². The number of carbonyl (C=O) groups excluding carboxylic acids is 2. The highest BCUT2D eigenvalue weighted by atomic mass is 32.1. The molecular weight excluding hydrogens is 447 g/mol. The van der Waals surface area contributed by atoms with Crippen molar-refractivity contribution < 1.29 is 19.1 Å². The Balaban J connectivity index is 1.58. The molecule has 1 saturated heterocycles. The molecule has 0 aliphatic carbocycles.